The van der Waals surface area contributed by atoms with Crippen molar-refractivity contribution in [3.63, 3.8) is 0 Å². The lowest BCUT2D eigenvalue weighted by Crippen LogP contribution is -2.48. The normalized spacial score (nSPS) is 19.6. The van der Waals surface area contributed by atoms with Gasteiger partial charge >= 0.3 is 6.03 Å². The standard InChI is InChI=1S/C14H19N3O3/c15-13(19)11-7-4-8-17(11)14(20)16-9-12(18)10-5-2-1-3-6-10/h1-3,5-6,11-12,18H,4,7-9H2,(H2,15,19)(H,16,20)/t11-,12+/m0/s1. The van der Waals surface area contributed by atoms with Crippen LogP contribution in [0.1, 0.15) is 24.5 Å². The first-order chi connectivity index (χ1) is 9.59. The number of primary amides is 1. The number of aliphatic hydroxyl groups excluding tert-OH is 1. The fraction of sp³-hybridized carbons (Fsp3) is 0.429. The maximum Gasteiger partial charge on any atom is 0.318 e. The average Bonchev–Trinajstić information content (AvgIpc) is 2.95. The molecule has 1 aromatic rings. The van der Waals surface area contributed by atoms with Crippen LogP contribution in [0.4, 0.5) is 4.79 Å². The van der Waals surface area contributed by atoms with E-state index < -0.39 is 18.1 Å². The van der Waals surface area contributed by atoms with Crippen LogP contribution in [0, 0.1) is 0 Å². The van der Waals surface area contributed by atoms with Crippen molar-refractivity contribution in [1.29, 1.82) is 0 Å². The van der Waals surface area contributed by atoms with Crippen molar-refractivity contribution >= 4 is 11.9 Å². The number of nitrogens with zero attached hydrogens (tertiary/aromatic N) is 1. The third-order valence-corrected chi connectivity index (χ3v) is 3.47. The molecule has 2 atom stereocenters. The van der Waals surface area contributed by atoms with Crippen LogP contribution in [0.25, 0.3) is 0 Å². The van der Waals surface area contributed by atoms with Crippen molar-refractivity contribution < 1.29 is 14.7 Å². The Bertz CT molecular complexity index is 478. The Hall–Kier alpha value is -2.08. The summed E-state index contributed by atoms with van der Waals surface area (Å²) in [6.07, 6.45) is 0.599. The molecular weight excluding hydrogens is 258 g/mol. The van der Waals surface area contributed by atoms with Gasteiger partial charge in [-0.2, -0.15) is 0 Å². The van der Waals surface area contributed by atoms with Crippen molar-refractivity contribution in [2.24, 2.45) is 5.73 Å². The molecule has 1 saturated heterocycles. The molecule has 2 rings (SSSR count). The Morgan fingerprint density at radius 1 is 1.40 bits per heavy atom. The summed E-state index contributed by atoms with van der Waals surface area (Å²) in [6.45, 7) is 0.617. The SMILES string of the molecule is NC(=O)[C@@H]1CCCN1C(=O)NC[C@@H](O)c1ccccc1. The van der Waals surface area contributed by atoms with Crippen LogP contribution in [0.15, 0.2) is 30.3 Å². The van der Waals surface area contributed by atoms with E-state index in [-0.39, 0.29) is 12.6 Å². The number of hydrogen-bond donors (Lipinski definition) is 3. The molecule has 0 saturated carbocycles. The molecule has 4 N–H and O–H groups in total. The Balaban J connectivity index is 1.87. The monoisotopic (exact) mass is 277 g/mol. The van der Waals surface area contributed by atoms with E-state index >= 15 is 0 Å². The highest BCUT2D eigenvalue weighted by Crippen LogP contribution is 2.17. The van der Waals surface area contributed by atoms with Crippen LogP contribution >= 0.6 is 0 Å². The Labute approximate surface area is 117 Å². The molecule has 0 aromatic heterocycles. The zero-order valence-corrected chi connectivity index (χ0v) is 11.2. The van der Waals surface area contributed by atoms with Gasteiger partial charge in [0.1, 0.15) is 6.04 Å². The van der Waals surface area contributed by atoms with E-state index in [1.165, 1.54) is 4.90 Å². The lowest BCUT2D eigenvalue weighted by Gasteiger charge is -2.23. The Kier molecular flexibility index (Phi) is 4.57. The minimum absolute atomic E-state index is 0.102. The number of carbonyl (C=O) groups excluding carboxylic acids is 2. The zero-order valence-electron chi connectivity index (χ0n) is 11.2. The first kappa shape index (κ1) is 14.3. The number of benzene rings is 1. The molecule has 1 aliphatic heterocycles. The number of nitrogens with one attached hydrogen (secondary N) is 1. The average molecular weight is 277 g/mol. The van der Waals surface area contributed by atoms with E-state index in [9.17, 15) is 14.7 Å². The van der Waals surface area contributed by atoms with E-state index in [4.69, 9.17) is 5.73 Å². The molecule has 1 aromatic carbocycles. The first-order valence-electron chi connectivity index (χ1n) is 6.66. The molecule has 3 amide bonds. The molecule has 6 heteroatoms. The highest BCUT2D eigenvalue weighted by molar-refractivity contribution is 5.86. The van der Waals surface area contributed by atoms with Gasteiger partial charge in [-0.25, -0.2) is 4.79 Å². The summed E-state index contributed by atoms with van der Waals surface area (Å²) in [5, 5.41) is 12.6. The number of aliphatic hydroxyl groups is 1. The van der Waals surface area contributed by atoms with Gasteiger partial charge in [-0.05, 0) is 18.4 Å². The minimum atomic E-state index is -0.769. The maximum absolute atomic E-state index is 12.0. The summed E-state index contributed by atoms with van der Waals surface area (Å²) in [5.41, 5.74) is 6.00. The van der Waals surface area contributed by atoms with Gasteiger partial charge < -0.3 is 21.1 Å². The molecule has 0 spiro atoms. The van der Waals surface area contributed by atoms with Crippen LogP contribution < -0.4 is 11.1 Å². The fourth-order valence-electron chi connectivity index (χ4n) is 2.38. The van der Waals surface area contributed by atoms with Crippen LogP contribution in [0.2, 0.25) is 0 Å². The molecule has 1 fully saturated rings. The predicted octanol–water partition coefficient (Wildman–Crippen LogP) is 0.379. The quantitative estimate of drug-likeness (QED) is 0.742. The van der Waals surface area contributed by atoms with Gasteiger partial charge in [-0.3, -0.25) is 4.79 Å². The number of likely N-dealkylation sites (tertiary alicyclic amines) is 1. The van der Waals surface area contributed by atoms with Crippen LogP contribution in [0.5, 0.6) is 0 Å². The van der Waals surface area contributed by atoms with Gasteiger partial charge in [0.05, 0.1) is 6.10 Å². The number of amides is 3. The third kappa shape index (κ3) is 3.27. The molecule has 0 aliphatic carbocycles. The lowest BCUT2D eigenvalue weighted by atomic mass is 10.1. The number of urea groups is 1. The topological polar surface area (TPSA) is 95.7 Å². The second-order valence-electron chi connectivity index (χ2n) is 4.87. The van der Waals surface area contributed by atoms with Crippen LogP contribution in [-0.4, -0.2) is 41.1 Å². The van der Waals surface area contributed by atoms with E-state index in [1.54, 1.807) is 12.1 Å². The molecule has 1 aliphatic rings. The van der Waals surface area contributed by atoms with Crippen molar-refractivity contribution in [1.82, 2.24) is 10.2 Å². The van der Waals surface area contributed by atoms with Crippen molar-refractivity contribution in [2.45, 2.75) is 25.0 Å². The van der Waals surface area contributed by atoms with Crippen molar-refractivity contribution in [3.8, 4) is 0 Å². The molecular formula is C14H19N3O3. The van der Waals surface area contributed by atoms with Gasteiger partial charge in [0.15, 0.2) is 0 Å². The maximum atomic E-state index is 12.0. The number of carbonyl (C=O) groups is 2. The van der Waals surface area contributed by atoms with Crippen molar-refractivity contribution in [2.75, 3.05) is 13.1 Å². The Morgan fingerprint density at radius 3 is 2.75 bits per heavy atom. The van der Waals surface area contributed by atoms with Crippen LogP contribution in [0.3, 0.4) is 0 Å². The molecule has 0 bridgehead atoms. The molecule has 6 nitrogen and oxygen atoms in total. The van der Waals surface area contributed by atoms with E-state index in [0.29, 0.717) is 13.0 Å². The minimum Gasteiger partial charge on any atom is -0.387 e. The second-order valence-corrected chi connectivity index (χ2v) is 4.87. The fourth-order valence-corrected chi connectivity index (χ4v) is 2.38. The Morgan fingerprint density at radius 2 is 2.10 bits per heavy atom. The van der Waals surface area contributed by atoms with E-state index in [1.807, 2.05) is 18.2 Å². The van der Waals surface area contributed by atoms with E-state index in [2.05, 4.69) is 5.32 Å². The summed E-state index contributed by atoms with van der Waals surface area (Å²) in [4.78, 5) is 24.6. The largest absolute Gasteiger partial charge is 0.387 e. The second kappa shape index (κ2) is 6.38. The van der Waals surface area contributed by atoms with Gasteiger partial charge in [-0.1, -0.05) is 30.3 Å². The van der Waals surface area contributed by atoms with Gasteiger partial charge in [0.25, 0.3) is 0 Å². The predicted molar refractivity (Wildman–Crippen MR) is 73.7 cm³/mol. The summed E-state index contributed by atoms with van der Waals surface area (Å²) >= 11 is 0. The molecule has 0 radical (unpaired) electrons. The molecule has 20 heavy (non-hydrogen) atoms. The first-order valence-corrected chi connectivity index (χ1v) is 6.66. The molecule has 108 valence electrons. The molecule has 0 unspecified atom stereocenters. The van der Waals surface area contributed by atoms with Gasteiger partial charge in [-0.15, -0.1) is 0 Å². The zero-order chi connectivity index (χ0) is 14.5. The third-order valence-electron chi connectivity index (χ3n) is 3.47. The summed E-state index contributed by atoms with van der Waals surface area (Å²) in [7, 11) is 0. The number of hydrogen-bond acceptors (Lipinski definition) is 3. The van der Waals surface area contributed by atoms with E-state index in [0.717, 1.165) is 12.0 Å². The molecule has 1 heterocycles. The van der Waals surface area contributed by atoms with Crippen LogP contribution in [-0.2, 0) is 4.79 Å². The van der Waals surface area contributed by atoms with Crippen molar-refractivity contribution in [3.05, 3.63) is 35.9 Å². The van der Waals surface area contributed by atoms with Gasteiger partial charge in [0.2, 0.25) is 5.91 Å². The smallest absolute Gasteiger partial charge is 0.318 e. The summed E-state index contributed by atoms with van der Waals surface area (Å²) in [6, 6.07) is 8.19. The number of nitrogens with two attached hydrogens (primary N) is 1. The van der Waals surface area contributed by atoms with Gasteiger partial charge in [0, 0.05) is 13.1 Å². The highest BCUT2D eigenvalue weighted by atomic mass is 16.3. The number of rotatable bonds is 4. The lowest BCUT2D eigenvalue weighted by molar-refractivity contribution is -0.121. The summed E-state index contributed by atoms with van der Waals surface area (Å²) < 4.78 is 0. The summed E-state index contributed by atoms with van der Waals surface area (Å²) in [5.74, 6) is -0.485. The highest BCUT2D eigenvalue weighted by Gasteiger charge is 2.32.